The van der Waals surface area contributed by atoms with Crippen LogP contribution in [-0.2, 0) is 4.74 Å². The summed E-state index contributed by atoms with van der Waals surface area (Å²) < 4.78 is 26.4. The lowest BCUT2D eigenvalue weighted by Gasteiger charge is -2.32. The van der Waals surface area contributed by atoms with E-state index in [0.29, 0.717) is 31.7 Å². The molecule has 1 aromatic heterocycles. The van der Waals surface area contributed by atoms with Crippen LogP contribution in [0.15, 0.2) is 41.3 Å². The average Bonchev–Trinajstić information content (AvgIpc) is 2.68. The Hall–Kier alpha value is -3.34. The van der Waals surface area contributed by atoms with Gasteiger partial charge in [-0.3, -0.25) is 9.36 Å². The first-order chi connectivity index (χ1) is 13.9. The highest BCUT2D eigenvalue weighted by Gasteiger charge is 2.25. The second-order valence-corrected chi connectivity index (χ2v) is 7.09. The summed E-state index contributed by atoms with van der Waals surface area (Å²) in [6.07, 6.45) is 2.08. The first-order valence-corrected chi connectivity index (χ1v) is 9.42. The number of benzene rings is 1. The molecule has 0 saturated carbocycles. The Morgan fingerprint density at radius 3 is 2.55 bits per heavy atom. The summed E-state index contributed by atoms with van der Waals surface area (Å²) >= 11 is 0. The van der Waals surface area contributed by atoms with E-state index in [2.05, 4.69) is 0 Å². The molecule has 0 aliphatic carbocycles. The van der Waals surface area contributed by atoms with Gasteiger partial charge in [-0.05, 0) is 38.1 Å². The molecule has 1 fully saturated rings. The van der Waals surface area contributed by atoms with Gasteiger partial charge in [0.15, 0.2) is 0 Å². The van der Waals surface area contributed by atoms with E-state index in [1.165, 1.54) is 24.4 Å². The van der Waals surface area contributed by atoms with Crippen molar-refractivity contribution in [1.29, 1.82) is 5.26 Å². The van der Waals surface area contributed by atoms with Gasteiger partial charge >= 0.3 is 6.09 Å². The number of carbonyl (C=O) groups excluding carboxylic acids is 1. The lowest BCUT2D eigenvalue weighted by Crippen LogP contribution is -2.42. The Morgan fingerprint density at radius 2 is 1.97 bits per heavy atom. The maximum absolute atomic E-state index is 14.2. The van der Waals surface area contributed by atoms with E-state index in [0.717, 1.165) is 10.6 Å². The number of amides is 1. The van der Waals surface area contributed by atoms with E-state index < -0.39 is 11.4 Å². The summed E-state index contributed by atoms with van der Waals surface area (Å²) in [6, 6.07) is 8.68. The fourth-order valence-corrected chi connectivity index (χ4v) is 3.13. The zero-order chi connectivity index (χ0) is 21.0. The van der Waals surface area contributed by atoms with Gasteiger partial charge in [0.2, 0.25) is 0 Å². The van der Waals surface area contributed by atoms with Crippen molar-refractivity contribution >= 4 is 6.09 Å². The molecule has 3 rings (SSSR count). The van der Waals surface area contributed by atoms with E-state index in [9.17, 15) is 14.0 Å². The number of nitriles is 1. The standard InChI is InChI=1S/C21H22FN3O4/c1-14(2)28-21(27)24-8-5-16(6-9-24)29-17-7-10-25(20(26)12-17)19-4-3-15(13-23)11-18(19)22/h3-4,7,10-12,14,16H,5-6,8-9H2,1-2H3. The van der Waals surface area contributed by atoms with Crippen molar-refractivity contribution in [1.82, 2.24) is 9.47 Å². The van der Waals surface area contributed by atoms with Crippen molar-refractivity contribution in [2.24, 2.45) is 0 Å². The monoisotopic (exact) mass is 399 g/mol. The molecule has 152 valence electrons. The third-order valence-corrected chi connectivity index (χ3v) is 4.57. The molecule has 8 heteroatoms. The number of halogens is 1. The molecule has 1 aliphatic rings. The van der Waals surface area contributed by atoms with Crippen LogP contribution in [0.3, 0.4) is 0 Å². The van der Waals surface area contributed by atoms with Gasteiger partial charge in [-0.15, -0.1) is 0 Å². The number of pyridine rings is 1. The average molecular weight is 399 g/mol. The van der Waals surface area contributed by atoms with Gasteiger partial charge in [0, 0.05) is 38.2 Å². The predicted molar refractivity (Wildman–Crippen MR) is 104 cm³/mol. The van der Waals surface area contributed by atoms with Crippen molar-refractivity contribution in [2.45, 2.75) is 38.9 Å². The molecule has 0 atom stereocenters. The Balaban J connectivity index is 1.64. The number of likely N-dealkylation sites (tertiary alicyclic amines) is 1. The number of nitrogens with zero attached hydrogens (tertiary/aromatic N) is 3. The van der Waals surface area contributed by atoms with Crippen LogP contribution in [0.4, 0.5) is 9.18 Å². The maximum atomic E-state index is 14.2. The Kier molecular flexibility index (Phi) is 6.17. The Bertz CT molecular complexity index is 988. The number of carbonyl (C=O) groups is 1. The molecule has 29 heavy (non-hydrogen) atoms. The number of ether oxygens (including phenoxy) is 2. The second kappa shape index (κ2) is 8.78. The number of hydrogen-bond acceptors (Lipinski definition) is 5. The fraction of sp³-hybridized carbons (Fsp3) is 0.381. The van der Waals surface area contributed by atoms with Crippen LogP contribution < -0.4 is 10.3 Å². The molecule has 0 unspecified atom stereocenters. The molecular formula is C21H22FN3O4. The minimum atomic E-state index is -0.652. The maximum Gasteiger partial charge on any atom is 0.410 e. The van der Waals surface area contributed by atoms with Gasteiger partial charge in [0.05, 0.1) is 23.4 Å². The van der Waals surface area contributed by atoms with E-state index in [-0.39, 0.29) is 29.6 Å². The van der Waals surface area contributed by atoms with Crippen molar-refractivity contribution in [3.63, 3.8) is 0 Å². The van der Waals surface area contributed by atoms with Crippen molar-refractivity contribution in [2.75, 3.05) is 13.1 Å². The first kappa shape index (κ1) is 20.4. The smallest absolute Gasteiger partial charge is 0.410 e. The highest BCUT2D eigenvalue weighted by atomic mass is 19.1. The summed E-state index contributed by atoms with van der Waals surface area (Å²) in [5.41, 5.74) is -0.190. The molecule has 0 radical (unpaired) electrons. The summed E-state index contributed by atoms with van der Waals surface area (Å²) in [5, 5.41) is 8.82. The zero-order valence-corrected chi connectivity index (χ0v) is 16.3. The topological polar surface area (TPSA) is 84.6 Å². The van der Waals surface area contributed by atoms with E-state index >= 15 is 0 Å². The first-order valence-electron chi connectivity index (χ1n) is 9.42. The highest BCUT2D eigenvalue weighted by molar-refractivity contribution is 5.67. The molecule has 1 saturated heterocycles. The fourth-order valence-electron chi connectivity index (χ4n) is 3.13. The van der Waals surface area contributed by atoms with E-state index in [1.807, 2.05) is 6.07 Å². The van der Waals surface area contributed by atoms with Gasteiger partial charge < -0.3 is 14.4 Å². The molecule has 2 aromatic rings. The summed E-state index contributed by atoms with van der Waals surface area (Å²) in [4.78, 5) is 26.0. The van der Waals surface area contributed by atoms with Crippen molar-refractivity contribution < 1.29 is 18.7 Å². The highest BCUT2D eigenvalue weighted by Crippen LogP contribution is 2.20. The molecule has 7 nitrogen and oxygen atoms in total. The van der Waals surface area contributed by atoms with Crippen LogP contribution in [0.1, 0.15) is 32.3 Å². The molecule has 1 amide bonds. The molecule has 1 aromatic carbocycles. The molecule has 0 N–H and O–H groups in total. The quantitative estimate of drug-likeness (QED) is 0.788. The summed E-state index contributed by atoms with van der Waals surface area (Å²) in [6.45, 7) is 4.65. The van der Waals surface area contributed by atoms with Crippen LogP contribution in [0.25, 0.3) is 5.69 Å². The Labute approximate surface area is 167 Å². The summed E-state index contributed by atoms with van der Waals surface area (Å²) in [7, 11) is 0. The van der Waals surface area contributed by atoms with Crippen LogP contribution >= 0.6 is 0 Å². The minimum absolute atomic E-state index is 0.0672. The van der Waals surface area contributed by atoms with Crippen LogP contribution in [0, 0.1) is 17.1 Å². The van der Waals surface area contributed by atoms with E-state index in [1.54, 1.807) is 24.8 Å². The van der Waals surface area contributed by atoms with Crippen molar-refractivity contribution in [3.05, 3.63) is 58.3 Å². The predicted octanol–water partition coefficient (Wildman–Crippen LogP) is 3.24. The number of aromatic nitrogens is 1. The number of hydrogen-bond donors (Lipinski definition) is 0. The normalized spacial score (nSPS) is 14.5. The molecule has 2 heterocycles. The van der Waals surface area contributed by atoms with Gasteiger partial charge in [-0.25, -0.2) is 9.18 Å². The van der Waals surface area contributed by atoms with E-state index in [4.69, 9.17) is 14.7 Å². The van der Waals surface area contributed by atoms with Crippen LogP contribution in [0.5, 0.6) is 5.75 Å². The minimum Gasteiger partial charge on any atom is -0.490 e. The SMILES string of the molecule is CC(C)OC(=O)N1CCC(Oc2ccn(-c3ccc(C#N)cc3F)c(=O)c2)CC1. The van der Waals surface area contributed by atoms with Gasteiger partial charge in [-0.2, -0.15) is 5.26 Å². The van der Waals surface area contributed by atoms with Gasteiger partial charge in [-0.1, -0.05) is 0 Å². The van der Waals surface area contributed by atoms with Crippen LogP contribution in [0.2, 0.25) is 0 Å². The number of piperidine rings is 1. The zero-order valence-electron chi connectivity index (χ0n) is 16.3. The molecular weight excluding hydrogens is 377 g/mol. The molecule has 0 bridgehead atoms. The van der Waals surface area contributed by atoms with Gasteiger partial charge in [0.25, 0.3) is 5.56 Å². The Morgan fingerprint density at radius 1 is 1.24 bits per heavy atom. The number of rotatable bonds is 4. The third-order valence-electron chi connectivity index (χ3n) is 4.57. The molecule has 1 aliphatic heterocycles. The van der Waals surface area contributed by atoms with Crippen molar-refractivity contribution in [3.8, 4) is 17.5 Å². The third kappa shape index (κ3) is 4.93. The van der Waals surface area contributed by atoms with Crippen LogP contribution in [-0.4, -0.2) is 40.9 Å². The lowest BCUT2D eigenvalue weighted by atomic mass is 10.1. The van der Waals surface area contributed by atoms with Gasteiger partial charge in [0.1, 0.15) is 17.7 Å². The summed E-state index contributed by atoms with van der Waals surface area (Å²) in [5.74, 6) is -0.260. The second-order valence-electron chi connectivity index (χ2n) is 7.09. The lowest BCUT2D eigenvalue weighted by molar-refractivity contribution is 0.0516. The molecule has 0 spiro atoms. The largest absolute Gasteiger partial charge is 0.490 e.